The summed E-state index contributed by atoms with van der Waals surface area (Å²) in [6.45, 7) is 4.24. The average Bonchev–Trinajstić information content (AvgIpc) is 2.76. The Morgan fingerprint density at radius 2 is 2.29 bits per heavy atom. The number of nitrogens with zero attached hydrogens (tertiary/aromatic N) is 1. The normalized spacial score (nSPS) is 17.4. The Kier molecular flexibility index (Phi) is 4.23. The highest BCUT2D eigenvalue weighted by atomic mass is 79.9. The maximum atomic E-state index is 12.1. The second-order valence-electron chi connectivity index (χ2n) is 4.05. The number of carbonyl (C=O) groups excluding carboxylic acids is 1. The number of likely N-dealkylation sites (tertiary alicyclic amines) is 1. The zero-order valence-electron chi connectivity index (χ0n) is 9.82. The molecule has 0 aliphatic carbocycles. The predicted octanol–water partition coefficient (Wildman–Crippen LogP) is 2.68. The van der Waals surface area contributed by atoms with Crippen molar-refractivity contribution < 1.29 is 13.9 Å². The number of hydrogen-bond acceptors (Lipinski definition) is 3. The molecular weight excluding hydrogens is 286 g/mol. The van der Waals surface area contributed by atoms with Gasteiger partial charge in [-0.2, -0.15) is 0 Å². The lowest BCUT2D eigenvalue weighted by Crippen LogP contribution is -2.40. The Balaban J connectivity index is 1.93. The summed E-state index contributed by atoms with van der Waals surface area (Å²) >= 11 is 3.23. The molecule has 1 aromatic rings. The number of amides is 1. The van der Waals surface area contributed by atoms with Crippen LogP contribution in [-0.2, 0) is 4.74 Å². The van der Waals surface area contributed by atoms with Gasteiger partial charge in [0, 0.05) is 19.7 Å². The van der Waals surface area contributed by atoms with Crippen molar-refractivity contribution in [2.45, 2.75) is 25.9 Å². The topological polar surface area (TPSA) is 42.7 Å². The lowest BCUT2D eigenvalue weighted by molar-refractivity contribution is 0.0145. The Bertz CT molecular complexity index is 383. The van der Waals surface area contributed by atoms with Gasteiger partial charge in [0.2, 0.25) is 0 Å². The molecule has 0 atom stereocenters. The third-order valence-electron chi connectivity index (χ3n) is 2.98. The summed E-state index contributed by atoms with van der Waals surface area (Å²) in [6, 6.07) is 1.70. The molecule has 1 aliphatic heterocycles. The number of piperidine rings is 1. The number of hydrogen-bond donors (Lipinski definition) is 0. The SMILES string of the molecule is CCOC1CCN(C(=O)c2ccoc2Br)CC1. The lowest BCUT2D eigenvalue weighted by atomic mass is 10.1. The van der Waals surface area contributed by atoms with E-state index in [4.69, 9.17) is 9.15 Å². The predicted molar refractivity (Wildman–Crippen MR) is 67.0 cm³/mol. The fourth-order valence-electron chi connectivity index (χ4n) is 2.08. The molecule has 1 aliphatic rings. The Labute approximate surface area is 109 Å². The Hall–Kier alpha value is -0.810. The molecule has 2 rings (SSSR count). The van der Waals surface area contributed by atoms with Gasteiger partial charge in [0.1, 0.15) is 0 Å². The Morgan fingerprint density at radius 1 is 1.59 bits per heavy atom. The van der Waals surface area contributed by atoms with Gasteiger partial charge in [-0.1, -0.05) is 0 Å². The summed E-state index contributed by atoms with van der Waals surface area (Å²) in [5, 5.41) is 0. The van der Waals surface area contributed by atoms with Crippen LogP contribution in [0.25, 0.3) is 0 Å². The monoisotopic (exact) mass is 301 g/mol. The van der Waals surface area contributed by atoms with E-state index in [2.05, 4.69) is 15.9 Å². The smallest absolute Gasteiger partial charge is 0.258 e. The van der Waals surface area contributed by atoms with Gasteiger partial charge in [-0.25, -0.2) is 0 Å². The van der Waals surface area contributed by atoms with Crippen LogP contribution in [0.5, 0.6) is 0 Å². The summed E-state index contributed by atoms with van der Waals surface area (Å²) in [5.41, 5.74) is 0.597. The maximum absolute atomic E-state index is 12.1. The molecule has 0 N–H and O–H groups in total. The van der Waals surface area contributed by atoms with Crippen molar-refractivity contribution in [3.8, 4) is 0 Å². The molecule has 0 unspecified atom stereocenters. The second kappa shape index (κ2) is 5.69. The molecule has 0 radical (unpaired) electrons. The van der Waals surface area contributed by atoms with Crippen LogP contribution in [0.4, 0.5) is 0 Å². The highest BCUT2D eigenvalue weighted by Crippen LogP contribution is 2.22. The largest absolute Gasteiger partial charge is 0.457 e. The first-order valence-electron chi connectivity index (χ1n) is 5.86. The van der Waals surface area contributed by atoms with Crippen molar-refractivity contribution >= 4 is 21.8 Å². The number of halogens is 1. The molecule has 0 bridgehead atoms. The van der Waals surface area contributed by atoms with Crippen LogP contribution < -0.4 is 0 Å². The van der Waals surface area contributed by atoms with Gasteiger partial charge in [0.25, 0.3) is 5.91 Å². The van der Waals surface area contributed by atoms with Crippen LogP contribution in [0.3, 0.4) is 0 Å². The van der Waals surface area contributed by atoms with Crippen LogP contribution in [0.15, 0.2) is 21.4 Å². The van der Waals surface area contributed by atoms with Gasteiger partial charge in [-0.05, 0) is 41.8 Å². The van der Waals surface area contributed by atoms with E-state index in [1.54, 1.807) is 6.07 Å². The van der Waals surface area contributed by atoms with Crippen molar-refractivity contribution in [2.75, 3.05) is 19.7 Å². The van der Waals surface area contributed by atoms with Gasteiger partial charge < -0.3 is 14.1 Å². The Morgan fingerprint density at radius 3 is 2.82 bits per heavy atom. The van der Waals surface area contributed by atoms with Crippen molar-refractivity contribution in [1.82, 2.24) is 4.90 Å². The van der Waals surface area contributed by atoms with Crippen molar-refractivity contribution in [3.05, 3.63) is 22.6 Å². The van der Waals surface area contributed by atoms with Gasteiger partial charge in [-0.15, -0.1) is 0 Å². The van der Waals surface area contributed by atoms with E-state index in [0.717, 1.165) is 32.5 Å². The minimum Gasteiger partial charge on any atom is -0.457 e. The minimum absolute atomic E-state index is 0.0283. The molecule has 17 heavy (non-hydrogen) atoms. The fraction of sp³-hybridized carbons (Fsp3) is 0.583. The second-order valence-corrected chi connectivity index (χ2v) is 4.78. The van der Waals surface area contributed by atoms with E-state index in [-0.39, 0.29) is 5.91 Å². The third kappa shape index (κ3) is 2.90. The maximum Gasteiger partial charge on any atom is 0.258 e. The number of rotatable bonds is 3. The fourth-order valence-corrected chi connectivity index (χ4v) is 2.49. The molecule has 4 nitrogen and oxygen atoms in total. The van der Waals surface area contributed by atoms with Gasteiger partial charge in [0.15, 0.2) is 4.67 Å². The van der Waals surface area contributed by atoms with E-state index in [9.17, 15) is 4.79 Å². The zero-order valence-corrected chi connectivity index (χ0v) is 11.4. The van der Waals surface area contributed by atoms with E-state index >= 15 is 0 Å². The van der Waals surface area contributed by atoms with Crippen LogP contribution in [0.2, 0.25) is 0 Å². The third-order valence-corrected chi connectivity index (χ3v) is 3.59. The molecule has 0 spiro atoms. The molecule has 1 fully saturated rings. The van der Waals surface area contributed by atoms with Crippen molar-refractivity contribution in [1.29, 1.82) is 0 Å². The summed E-state index contributed by atoms with van der Waals surface area (Å²) in [5.74, 6) is 0.0283. The number of furan rings is 1. The van der Waals surface area contributed by atoms with Crippen LogP contribution in [-0.4, -0.2) is 36.6 Å². The summed E-state index contributed by atoms with van der Waals surface area (Å²) in [7, 11) is 0. The molecule has 1 saturated heterocycles. The zero-order chi connectivity index (χ0) is 12.3. The van der Waals surface area contributed by atoms with Crippen LogP contribution >= 0.6 is 15.9 Å². The molecule has 1 aromatic heterocycles. The van der Waals surface area contributed by atoms with Crippen LogP contribution in [0, 0.1) is 0 Å². The molecule has 0 saturated carbocycles. The van der Waals surface area contributed by atoms with Gasteiger partial charge >= 0.3 is 0 Å². The van der Waals surface area contributed by atoms with E-state index < -0.39 is 0 Å². The summed E-state index contributed by atoms with van der Waals surface area (Å²) in [6.07, 6.45) is 3.64. The molecule has 0 aromatic carbocycles. The highest BCUT2D eigenvalue weighted by Gasteiger charge is 2.25. The molecule has 2 heterocycles. The lowest BCUT2D eigenvalue weighted by Gasteiger charge is -2.31. The van der Waals surface area contributed by atoms with Gasteiger partial charge in [0.05, 0.1) is 17.9 Å². The quantitative estimate of drug-likeness (QED) is 0.862. The van der Waals surface area contributed by atoms with E-state index in [1.807, 2.05) is 11.8 Å². The standard InChI is InChI=1S/C12H16BrNO3/c1-2-16-9-3-6-14(7-4-9)12(15)10-5-8-17-11(10)13/h5,8-9H,2-4,6-7H2,1H3. The molecular formula is C12H16BrNO3. The number of ether oxygens (including phenoxy) is 1. The first-order valence-corrected chi connectivity index (χ1v) is 6.65. The first kappa shape index (κ1) is 12.6. The molecule has 5 heteroatoms. The van der Waals surface area contributed by atoms with Crippen molar-refractivity contribution in [2.24, 2.45) is 0 Å². The van der Waals surface area contributed by atoms with E-state index in [0.29, 0.717) is 16.3 Å². The molecule has 94 valence electrons. The summed E-state index contributed by atoms with van der Waals surface area (Å²) < 4.78 is 11.1. The summed E-state index contributed by atoms with van der Waals surface area (Å²) in [4.78, 5) is 14.0. The van der Waals surface area contributed by atoms with Crippen LogP contribution in [0.1, 0.15) is 30.1 Å². The number of carbonyl (C=O) groups is 1. The average molecular weight is 302 g/mol. The highest BCUT2D eigenvalue weighted by molar-refractivity contribution is 9.10. The molecule has 1 amide bonds. The minimum atomic E-state index is 0.0283. The van der Waals surface area contributed by atoms with Gasteiger partial charge in [-0.3, -0.25) is 4.79 Å². The van der Waals surface area contributed by atoms with E-state index in [1.165, 1.54) is 6.26 Å². The van der Waals surface area contributed by atoms with Crippen molar-refractivity contribution in [3.63, 3.8) is 0 Å². The first-order chi connectivity index (χ1) is 8.22.